The highest BCUT2D eigenvalue weighted by molar-refractivity contribution is 7.89. The van der Waals surface area contributed by atoms with E-state index in [0.29, 0.717) is 19.0 Å². The van der Waals surface area contributed by atoms with Gasteiger partial charge in [-0.2, -0.15) is 0 Å². The average Bonchev–Trinajstić information content (AvgIpc) is 3.08. The van der Waals surface area contributed by atoms with Gasteiger partial charge in [0.1, 0.15) is 17.8 Å². The van der Waals surface area contributed by atoms with E-state index in [1.54, 1.807) is 4.31 Å². The molecule has 1 saturated heterocycles. The highest BCUT2D eigenvalue weighted by Gasteiger charge is 2.28. The summed E-state index contributed by atoms with van der Waals surface area (Å²) < 4.78 is 26.4. The molecule has 3 heterocycles. The minimum absolute atomic E-state index is 0.263. The Morgan fingerprint density at radius 2 is 2.29 bits per heavy atom. The summed E-state index contributed by atoms with van der Waals surface area (Å²) in [6.07, 6.45) is 6.96. The van der Waals surface area contributed by atoms with E-state index in [4.69, 9.17) is 0 Å². The zero-order valence-electron chi connectivity index (χ0n) is 14.0. The van der Waals surface area contributed by atoms with Gasteiger partial charge in [0.2, 0.25) is 10.0 Å². The van der Waals surface area contributed by atoms with Crippen molar-refractivity contribution in [3.05, 3.63) is 18.6 Å². The number of aromatic amines is 1. The number of hydrogen-bond donors (Lipinski definition) is 2. The zero-order valence-corrected chi connectivity index (χ0v) is 14.8. The van der Waals surface area contributed by atoms with E-state index in [9.17, 15) is 8.42 Å². The summed E-state index contributed by atoms with van der Waals surface area (Å²) in [6.45, 7) is 3.98. The first-order valence-electron chi connectivity index (χ1n) is 8.60. The maximum Gasteiger partial charge on any atom is 0.214 e. The van der Waals surface area contributed by atoms with Gasteiger partial charge in [0.25, 0.3) is 0 Å². The number of hydrogen-bond acceptors (Lipinski definition) is 5. The standard InChI is InChI=1S/C16H25N5O2S/c1-2-3-9-24(22,23)21-8-4-5-13(11-21)10-18-16-14-6-7-17-15(14)19-12-20-16/h6-7,12-13H,2-5,8-11H2,1H3,(H2,17,18,19,20). The van der Waals surface area contributed by atoms with Crippen molar-refractivity contribution in [2.24, 2.45) is 5.92 Å². The molecule has 2 aromatic heterocycles. The lowest BCUT2D eigenvalue weighted by Gasteiger charge is -2.32. The normalized spacial score (nSPS) is 19.6. The third-order valence-corrected chi connectivity index (χ3v) is 6.47. The second-order valence-corrected chi connectivity index (χ2v) is 8.47. The molecule has 3 rings (SSSR count). The van der Waals surface area contributed by atoms with Crippen LogP contribution in [0.5, 0.6) is 0 Å². The molecule has 0 spiro atoms. The van der Waals surface area contributed by atoms with Crippen molar-refractivity contribution in [1.82, 2.24) is 19.3 Å². The second kappa shape index (κ2) is 7.48. The topological polar surface area (TPSA) is 91.0 Å². The van der Waals surface area contributed by atoms with Gasteiger partial charge in [0.15, 0.2) is 0 Å². The molecule has 7 nitrogen and oxygen atoms in total. The maximum absolute atomic E-state index is 12.4. The molecule has 1 atom stereocenters. The summed E-state index contributed by atoms with van der Waals surface area (Å²) in [5.41, 5.74) is 0.805. The average molecular weight is 351 g/mol. The molecule has 1 aliphatic rings. The van der Waals surface area contributed by atoms with Crippen LogP contribution < -0.4 is 5.32 Å². The summed E-state index contributed by atoms with van der Waals surface area (Å²) in [5.74, 6) is 1.37. The Morgan fingerprint density at radius 3 is 3.12 bits per heavy atom. The molecular formula is C16H25N5O2S. The first-order valence-corrected chi connectivity index (χ1v) is 10.2. The van der Waals surface area contributed by atoms with E-state index < -0.39 is 10.0 Å². The molecule has 1 fully saturated rings. The molecule has 8 heteroatoms. The first kappa shape index (κ1) is 17.2. The van der Waals surface area contributed by atoms with Crippen molar-refractivity contribution >= 4 is 26.9 Å². The van der Waals surface area contributed by atoms with Crippen molar-refractivity contribution < 1.29 is 8.42 Å². The van der Waals surface area contributed by atoms with Gasteiger partial charge in [-0.25, -0.2) is 22.7 Å². The van der Waals surface area contributed by atoms with E-state index in [1.807, 2.05) is 19.2 Å². The Labute approximate surface area is 142 Å². The van der Waals surface area contributed by atoms with Crippen LogP contribution in [-0.4, -0.2) is 53.1 Å². The van der Waals surface area contributed by atoms with Crippen LogP contribution in [0.2, 0.25) is 0 Å². The SMILES string of the molecule is CCCCS(=O)(=O)N1CCCC(CNc2ncnc3[nH]ccc23)C1. The molecule has 132 valence electrons. The molecule has 0 aromatic carbocycles. The fourth-order valence-electron chi connectivity index (χ4n) is 3.16. The van der Waals surface area contributed by atoms with Crippen molar-refractivity contribution in [3.8, 4) is 0 Å². The van der Waals surface area contributed by atoms with Gasteiger partial charge >= 0.3 is 0 Å². The number of piperidine rings is 1. The Hall–Kier alpha value is -1.67. The number of rotatable bonds is 7. The fraction of sp³-hybridized carbons (Fsp3) is 0.625. The molecule has 0 radical (unpaired) electrons. The predicted octanol–water partition coefficient (Wildman–Crippen LogP) is 2.21. The van der Waals surface area contributed by atoms with Gasteiger partial charge in [-0.3, -0.25) is 0 Å². The van der Waals surface area contributed by atoms with E-state index in [2.05, 4.69) is 20.3 Å². The van der Waals surface area contributed by atoms with E-state index in [-0.39, 0.29) is 5.75 Å². The Bertz CT molecular complexity index is 774. The number of H-pyrrole nitrogens is 1. The minimum Gasteiger partial charge on any atom is -0.369 e. The highest BCUT2D eigenvalue weighted by atomic mass is 32.2. The molecule has 24 heavy (non-hydrogen) atoms. The van der Waals surface area contributed by atoms with Crippen LogP contribution in [0, 0.1) is 5.92 Å². The van der Waals surface area contributed by atoms with Crippen molar-refractivity contribution in [3.63, 3.8) is 0 Å². The van der Waals surface area contributed by atoms with Crippen LogP contribution in [0.4, 0.5) is 5.82 Å². The molecule has 1 unspecified atom stereocenters. The van der Waals surface area contributed by atoms with Gasteiger partial charge in [0.05, 0.1) is 11.1 Å². The number of aromatic nitrogens is 3. The number of anilines is 1. The lowest BCUT2D eigenvalue weighted by atomic mass is 10.00. The summed E-state index contributed by atoms with van der Waals surface area (Å²) in [5, 5.41) is 4.33. The summed E-state index contributed by atoms with van der Waals surface area (Å²) in [4.78, 5) is 11.5. The van der Waals surface area contributed by atoms with Crippen LogP contribution in [0.25, 0.3) is 11.0 Å². The van der Waals surface area contributed by atoms with Crippen molar-refractivity contribution in [2.45, 2.75) is 32.6 Å². The third-order valence-electron chi connectivity index (χ3n) is 4.54. The van der Waals surface area contributed by atoms with Crippen molar-refractivity contribution in [2.75, 3.05) is 30.7 Å². The first-order chi connectivity index (χ1) is 11.6. The van der Waals surface area contributed by atoms with E-state index in [1.165, 1.54) is 6.33 Å². The molecule has 0 amide bonds. The van der Waals surface area contributed by atoms with Gasteiger partial charge in [-0.1, -0.05) is 13.3 Å². The van der Waals surface area contributed by atoms with Gasteiger partial charge in [0, 0.05) is 25.8 Å². The molecule has 2 aromatic rings. The number of nitrogens with zero attached hydrogens (tertiary/aromatic N) is 3. The second-order valence-electron chi connectivity index (χ2n) is 6.38. The number of unbranched alkanes of at least 4 members (excludes halogenated alkanes) is 1. The quantitative estimate of drug-likeness (QED) is 0.798. The third kappa shape index (κ3) is 3.87. The Morgan fingerprint density at radius 1 is 1.42 bits per heavy atom. The van der Waals surface area contributed by atoms with Crippen molar-refractivity contribution in [1.29, 1.82) is 0 Å². The number of fused-ring (bicyclic) bond motifs is 1. The summed E-state index contributed by atoms with van der Waals surface area (Å²) >= 11 is 0. The van der Waals surface area contributed by atoms with Gasteiger partial charge in [-0.15, -0.1) is 0 Å². The van der Waals surface area contributed by atoms with Gasteiger partial charge < -0.3 is 10.3 Å². The predicted molar refractivity (Wildman–Crippen MR) is 95.4 cm³/mol. The molecule has 1 aliphatic heterocycles. The highest BCUT2D eigenvalue weighted by Crippen LogP contribution is 2.22. The maximum atomic E-state index is 12.4. The zero-order chi connectivity index (χ0) is 17.0. The molecule has 0 saturated carbocycles. The van der Waals surface area contributed by atoms with E-state index >= 15 is 0 Å². The lowest BCUT2D eigenvalue weighted by molar-refractivity contribution is 0.275. The minimum atomic E-state index is -3.11. The molecule has 2 N–H and O–H groups in total. The van der Waals surface area contributed by atoms with Crippen LogP contribution in [-0.2, 0) is 10.0 Å². The van der Waals surface area contributed by atoms with Crippen LogP contribution >= 0.6 is 0 Å². The lowest BCUT2D eigenvalue weighted by Crippen LogP contribution is -2.42. The fourth-order valence-corrected chi connectivity index (χ4v) is 4.91. The van der Waals surface area contributed by atoms with Crippen LogP contribution in [0.15, 0.2) is 18.6 Å². The smallest absolute Gasteiger partial charge is 0.214 e. The molecule has 0 aliphatic carbocycles. The Kier molecular flexibility index (Phi) is 5.35. The largest absolute Gasteiger partial charge is 0.369 e. The van der Waals surface area contributed by atoms with E-state index in [0.717, 1.165) is 49.1 Å². The number of nitrogens with one attached hydrogen (secondary N) is 2. The van der Waals surface area contributed by atoms with Crippen LogP contribution in [0.1, 0.15) is 32.6 Å². The molecule has 0 bridgehead atoms. The van der Waals surface area contributed by atoms with Crippen LogP contribution in [0.3, 0.4) is 0 Å². The monoisotopic (exact) mass is 351 g/mol. The Balaban J connectivity index is 1.60. The van der Waals surface area contributed by atoms with Gasteiger partial charge in [-0.05, 0) is 31.2 Å². The summed E-state index contributed by atoms with van der Waals surface area (Å²) in [6, 6.07) is 1.94. The molecular weight excluding hydrogens is 326 g/mol. The number of sulfonamides is 1. The summed E-state index contributed by atoms with van der Waals surface area (Å²) in [7, 11) is -3.11.